The predicted octanol–water partition coefficient (Wildman–Crippen LogP) is 5.66. The van der Waals surface area contributed by atoms with Gasteiger partial charge < -0.3 is 9.97 Å². The lowest BCUT2D eigenvalue weighted by Crippen LogP contribution is -1.91. The maximum atomic E-state index is 14.6. The number of H-pyrrole nitrogens is 2. The zero-order valence-electron chi connectivity index (χ0n) is 17.0. The summed E-state index contributed by atoms with van der Waals surface area (Å²) in [6, 6.07) is 10.9. The largest absolute Gasteiger partial charge is 0.348 e. The summed E-state index contributed by atoms with van der Waals surface area (Å²) in [6.07, 6.45) is 2.51. The summed E-state index contributed by atoms with van der Waals surface area (Å²) in [5.74, 6) is 1.62. The number of aromatic nitrogens is 5. The molecule has 6 heteroatoms. The van der Waals surface area contributed by atoms with E-state index < -0.39 is 0 Å². The SMILES string of the molecule is CCc1nc(-c2cc(-c3nc(C(C)C)[nH]c3-c3cccc(C)n3)ccc2F)c[nH]1. The molecular weight excluding hydrogens is 365 g/mol. The first-order valence-corrected chi connectivity index (χ1v) is 9.84. The average molecular weight is 389 g/mol. The molecule has 0 aliphatic heterocycles. The molecule has 1 aromatic carbocycles. The molecule has 0 spiro atoms. The Bertz CT molecular complexity index is 1160. The van der Waals surface area contributed by atoms with Gasteiger partial charge in [0, 0.05) is 35.4 Å². The van der Waals surface area contributed by atoms with Gasteiger partial charge >= 0.3 is 0 Å². The highest BCUT2D eigenvalue weighted by atomic mass is 19.1. The van der Waals surface area contributed by atoms with Crippen molar-refractivity contribution in [2.24, 2.45) is 0 Å². The van der Waals surface area contributed by atoms with Crippen molar-refractivity contribution in [3.8, 4) is 33.9 Å². The fraction of sp³-hybridized carbons (Fsp3) is 0.261. The highest BCUT2D eigenvalue weighted by Crippen LogP contribution is 2.34. The van der Waals surface area contributed by atoms with Gasteiger partial charge in [-0.05, 0) is 37.3 Å². The van der Waals surface area contributed by atoms with Crippen LogP contribution in [0.1, 0.15) is 44.0 Å². The second-order valence-electron chi connectivity index (χ2n) is 7.45. The maximum Gasteiger partial charge on any atom is 0.132 e. The molecule has 0 saturated heterocycles. The van der Waals surface area contributed by atoms with Crippen LogP contribution >= 0.6 is 0 Å². The van der Waals surface area contributed by atoms with Gasteiger partial charge in [0.25, 0.3) is 0 Å². The van der Waals surface area contributed by atoms with Crippen LogP contribution in [-0.4, -0.2) is 24.9 Å². The van der Waals surface area contributed by atoms with Gasteiger partial charge in [-0.2, -0.15) is 0 Å². The molecule has 0 amide bonds. The Labute approximate surface area is 169 Å². The zero-order chi connectivity index (χ0) is 20.5. The second kappa shape index (κ2) is 7.62. The van der Waals surface area contributed by atoms with Gasteiger partial charge in [0.1, 0.15) is 17.5 Å². The van der Waals surface area contributed by atoms with Gasteiger partial charge in [0.2, 0.25) is 0 Å². The van der Waals surface area contributed by atoms with Gasteiger partial charge in [-0.25, -0.2) is 14.4 Å². The number of pyridine rings is 1. The van der Waals surface area contributed by atoms with Crippen LogP contribution in [0.15, 0.2) is 42.6 Å². The van der Waals surface area contributed by atoms with Crippen molar-refractivity contribution < 1.29 is 4.39 Å². The molecule has 0 atom stereocenters. The minimum atomic E-state index is -0.308. The molecule has 3 heterocycles. The first kappa shape index (κ1) is 19.1. The van der Waals surface area contributed by atoms with Crippen molar-refractivity contribution in [1.29, 1.82) is 0 Å². The molecule has 0 aliphatic rings. The van der Waals surface area contributed by atoms with Crippen molar-refractivity contribution in [3.05, 3.63) is 65.8 Å². The zero-order valence-corrected chi connectivity index (χ0v) is 17.0. The molecule has 3 aromatic heterocycles. The van der Waals surface area contributed by atoms with Crippen molar-refractivity contribution >= 4 is 0 Å². The standard InChI is InChI=1S/C23H24FN5/c1-5-20-25-12-19(27-20)16-11-15(9-10-17(16)24)21-22(29-23(28-21)13(2)3)18-8-6-7-14(4)26-18/h6-13H,5H2,1-4H3,(H,25,27)(H,28,29). The van der Waals surface area contributed by atoms with Gasteiger partial charge in [0.05, 0.1) is 22.8 Å². The van der Waals surface area contributed by atoms with E-state index in [-0.39, 0.29) is 11.7 Å². The van der Waals surface area contributed by atoms with Gasteiger partial charge in [-0.15, -0.1) is 0 Å². The van der Waals surface area contributed by atoms with Crippen LogP contribution < -0.4 is 0 Å². The molecule has 29 heavy (non-hydrogen) atoms. The molecule has 5 nitrogen and oxygen atoms in total. The maximum absolute atomic E-state index is 14.6. The fourth-order valence-electron chi connectivity index (χ4n) is 3.29. The van der Waals surface area contributed by atoms with Crippen LogP contribution in [0.3, 0.4) is 0 Å². The van der Waals surface area contributed by atoms with Crippen LogP contribution in [0.2, 0.25) is 0 Å². The van der Waals surface area contributed by atoms with Crippen molar-refractivity contribution in [3.63, 3.8) is 0 Å². The number of imidazole rings is 2. The number of nitrogens with zero attached hydrogens (tertiary/aromatic N) is 3. The van der Waals surface area contributed by atoms with Crippen molar-refractivity contribution in [2.45, 2.75) is 40.0 Å². The Morgan fingerprint density at radius 3 is 2.55 bits per heavy atom. The lowest BCUT2D eigenvalue weighted by Gasteiger charge is -2.06. The summed E-state index contributed by atoms with van der Waals surface area (Å²) >= 11 is 0. The third-order valence-corrected chi connectivity index (χ3v) is 4.90. The third-order valence-electron chi connectivity index (χ3n) is 4.90. The van der Waals surface area contributed by atoms with E-state index in [1.54, 1.807) is 12.3 Å². The summed E-state index contributed by atoms with van der Waals surface area (Å²) in [5.41, 5.74) is 5.22. The lowest BCUT2D eigenvalue weighted by molar-refractivity contribution is 0.631. The van der Waals surface area contributed by atoms with E-state index in [0.29, 0.717) is 11.3 Å². The average Bonchev–Trinajstić information content (AvgIpc) is 3.36. The van der Waals surface area contributed by atoms with Crippen molar-refractivity contribution in [1.82, 2.24) is 24.9 Å². The van der Waals surface area contributed by atoms with Crippen LogP contribution in [0.25, 0.3) is 33.9 Å². The number of benzene rings is 1. The van der Waals surface area contributed by atoms with Crippen LogP contribution in [0, 0.1) is 12.7 Å². The predicted molar refractivity (Wildman–Crippen MR) is 113 cm³/mol. The number of nitrogens with one attached hydrogen (secondary N) is 2. The van der Waals surface area contributed by atoms with E-state index in [2.05, 4.69) is 33.8 Å². The van der Waals surface area contributed by atoms with E-state index >= 15 is 0 Å². The fourth-order valence-corrected chi connectivity index (χ4v) is 3.29. The van der Waals surface area contributed by atoms with E-state index in [0.717, 1.165) is 46.4 Å². The van der Waals surface area contributed by atoms with Crippen LogP contribution in [-0.2, 0) is 6.42 Å². The summed E-state index contributed by atoms with van der Waals surface area (Å²) < 4.78 is 14.6. The molecule has 0 unspecified atom stereocenters. The van der Waals surface area contributed by atoms with Crippen LogP contribution in [0.4, 0.5) is 4.39 Å². The minimum Gasteiger partial charge on any atom is -0.348 e. The normalized spacial score (nSPS) is 11.4. The molecule has 0 saturated carbocycles. The molecule has 0 radical (unpaired) electrons. The third kappa shape index (κ3) is 3.70. The molecule has 4 rings (SSSR count). The molecule has 148 valence electrons. The number of hydrogen-bond acceptors (Lipinski definition) is 3. The monoisotopic (exact) mass is 389 g/mol. The van der Waals surface area contributed by atoms with E-state index in [1.807, 2.05) is 38.1 Å². The van der Waals surface area contributed by atoms with E-state index in [9.17, 15) is 4.39 Å². The summed E-state index contributed by atoms with van der Waals surface area (Å²) in [7, 11) is 0. The molecule has 0 bridgehead atoms. The minimum absolute atomic E-state index is 0.227. The number of aryl methyl sites for hydroxylation is 2. The Morgan fingerprint density at radius 2 is 1.86 bits per heavy atom. The van der Waals surface area contributed by atoms with Crippen molar-refractivity contribution in [2.75, 3.05) is 0 Å². The van der Waals surface area contributed by atoms with Gasteiger partial charge in [-0.1, -0.05) is 26.8 Å². The van der Waals surface area contributed by atoms with E-state index in [1.165, 1.54) is 6.07 Å². The molecule has 2 N–H and O–H groups in total. The second-order valence-corrected chi connectivity index (χ2v) is 7.45. The molecular formula is C23H24FN5. The quantitative estimate of drug-likeness (QED) is 0.462. The Kier molecular flexibility index (Phi) is 5.01. The number of rotatable bonds is 5. The summed E-state index contributed by atoms with van der Waals surface area (Å²) in [6.45, 7) is 8.14. The van der Waals surface area contributed by atoms with E-state index in [4.69, 9.17) is 4.98 Å². The Balaban J connectivity index is 1.87. The first-order chi connectivity index (χ1) is 14.0. The highest BCUT2D eigenvalue weighted by Gasteiger charge is 2.19. The molecule has 4 aromatic rings. The number of aromatic amines is 2. The number of hydrogen-bond donors (Lipinski definition) is 2. The summed E-state index contributed by atoms with van der Waals surface area (Å²) in [5, 5.41) is 0. The number of halogens is 1. The Morgan fingerprint density at radius 1 is 1.03 bits per heavy atom. The first-order valence-electron chi connectivity index (χ1n) is 9.84. The lowest BCUT2D eigenvalue weighted by atomic mass is 10.0. The molecule has 0 fully saturated rings. The highest BCUT2D eigenvalue weighted by molar-refractivity contribution is 5.79. The topological polar surface area (TPSA) is 70.2 Å². The smallest absolute Gasteiger partial charge is 0.132 e. The van der Waals surface area contributed by atoms with Gasteiger partial charge in [-0.3, -0.25) is 4.98 Å². The van der Waals surface area contributed by atoms with Gasteiger partial charge in [0.15, 0.2) is 0 Å². The Hall–Kier alpha value is -3.28. The molecule has 0 aliphatic carbocycles. The van der Waals surface area contributed by atoms with Crippen LogP contribution in [0.5, 0.6) is 0 Å². The summed E-state index contributed by atoms with van der Waals surface area (Å²) in [4.78, 5) is 20.5.